The van der Waals surface area contributed by atoms with E-state index in [1.807, 2.05) is 24.3 Å². The summed E-state index contributed by atoms with van der Waals surface area (Å²) in [4.78, 5) is 12.0. The molecule has 20 heavy (non-hydrogen) atoms. The van der Waals surface area contributed by atoms with Gasteiger partial charge in [-0.25, -0.2) is 0 Å². The van der Waals surface area contributed by atoms with E-state index in [1.54, 1.807) is 7.11 Å². The average molecular weight is 279 g/mol. The van der Waals surface area contributed by atoms with Gasteiger partial charge in [0.1, 0.15) is 5.75 Å². The van der Waals surface area contributed by atoms with Crippen LogP contribution in [0.25, 0.3) is 0 Å². The molecule has 1 fully saturated rings. The lowest BCUT2D eigenvalue weighted by Crippen LogP contribution is -2.34. The van der Waals surface area contributed by atoms with Gasteiger partial charge in [-0.2, -0.15) is 0 Å². The van der Waals surface area contributed by atoms with Gasteiger partial charge < -0.3 is 20.3 Å². The fourth-order valence-electron chi connectivity index (χ4n) is 2.66. The minimum atomic E-state index is -0.526. The Morgan fingerprint density at radius 3 is 2.90 bits per heavy atom. The van der Waals surface area contributed by atoms with Crippen molar-refractivity contribution in [2.75, 3.05) is 13.7 Å². The normalized spacial score (nSPS) is 25.4. The zero-order valence-corrected chi connectivity index (χ0v) is 11.6. The number of aliphatic hydroxyl groups excluding tert-OH is 2. The van der Waals surface area contributed by atoms with E-state index >= 15 is 0 Å². The number of benzene rings is 1. The van der Waals surface area contributed by atoms with Gasteiger partial charge >= 0.3 is 0 Å². The van der Waals surface area contributed by atoms with Crippen molar-refractivity contribution in [2.24, 2.45) is 5.92 Å². The summed E-state index contributed by atoms with van der Waals surface area (Å²) in [6, 6.07) is 7.34. The second kappa shape index (κ2) is 6.72. The fourth-order valence-corrected chi connectivity index (χ4v) is 2.66. The van der Waals surface area contributed by atoms with Crippen LogP contribution in [0.5, 0.6) is 5.75 Å². The van der Waals surface area contributed by atoms with Crippen molar-refractivity contribution in [3.63, 3.8) is 0 Å². The Hall–Kier alpha value is -1.59. The van der Waals surface area contributed by atoms with E-state index in [2.05, 4.69) is 5.32 Å². The molecule has 5 nitrogen and oxygen atoms in total. The summed E-state index contributed by atoms with van der Waals surface area (Å²) in [5, 5.41) is 21.7. The van der Waals surface area contributed by atoms with E-state index < -0.39 is 6.10 Å². The summed E-state index contributed by atoms with van der Waals surface area (Å²) >= 11 is 0. The van der Waals surface area contributed by atoms with Crippen molar-refractivity contribution < 1.29 is 19.7 Å². The second-order valence-corrected chi connectivity index (χ2v) is 5.27. The van der Waals surface area contributed by atoms with Gasteiger partial charge in [0.2, 0.25) is 5.91 Å². The summed E-state index contributed by atoms with van der Waals surface area (Å²) < 4.78 is 5.12. The third kappa shape index (κ3) is 3.71. The number of hydrogen-bond acceptors (Lipinski definition) is 4. The van der Waals surface area contributed by atoms with Gasteiger partial charge in [-0.3, -0.25) is 4.79 Å². The lowest BCUT2D eigenvalue weighted by atomic mass is 10.1. The summed E-state index contributed by atoms with van der Waals surface area (Å²) in [6.45, 7) is -0.0383. The first-order valence-electron chi connectivity index (χ1n) is 6.83. The summed E-state index contributed by atoms with van der Waals surface area (Å²) in [5.41, 5.74) is 0.888. The molecule has 5 heteroatoms. The van der Waals surface area contributed by atoms with Gasteiger partial charge in [0.05, 0.1) is 19.6 Å². The molecule has 1 aromatic carbocycles. The molecule has 1 aromatic rings. The van der Waals surface area contributed by atoms with Gasteiger partial charge in [-0.05, 0) is 30.5 Å². The highest BCUT2D eigenvalue weighted by Gasteiger charge is 2.33. The lowest BCUT2D eigenvalue weighted by Gasteiger charge is -2.12. The molecule has 110 valence electrons. The Morgan fingerprint density at radius 2 is 2.25 bits per heavy atom. The molecule has 1 saturated carbocycles. The van der Waals surface area contributed by atoms with Crippen LogP contribution in [0, 0.1) is 5.92 Å². The molecule has 0 heterocycles. The minimum Gasteiger partial charge on any atom is -0.497 e. The largest absolute Gasteiger partial charge is 0.497 e. The number of methoxy groups -OCH3 is 1. The highest BCUT2D eigenvalue weighted by Crippen LogP contribution is 2.25. The Labute approximate surface area is 118 Å². The SMILES string of the molecule is COc1cccc(CC(=O)N[C@H]2C[C@@H](CO)[C@@H](O)C2)c1. The van der Waals surface area contributed by atoms with Crippen LogP contribution in [0.15, 0.2) is 24.3 Å². The summed E-state index contributed by atoms with van der Waals surface area (Å²) in [5.74, 6) is 0.526. The molecule has 1 aliphatic rings. The van der Waals surface area contributed by atoms with E-state index in [9.17, 15) is 9.90 Å². The molecule has 0 radical (unpaired) electrons. The zero-order chi connectivity index (χ0) is 14.5. The van der Waals surface area contributed by atoms with Gasteiger partial charge in [0.15, 0.2) is 0 Å². The maximum Gasteiger partial charge on any atom is 0.224 e. The van der Waals surface area contributed by atoms with E-state index in [-0.39, 0.29) is 30.9 Å². The van der Waals surface area contributed by atoms with Crippen LogP contribution in [0.2, 0.25) is 0 Å². The molecule has 3 N–H and O–H groups in total. The monoisotopic (exact) mass is 279 g/mol. The molecular weight excluding hydrogens is 258 g/mol. The predicted octanol–water partition coefficient (Wildman–Crippen LogP) is 0.486. The number of aliphatic hydroxyl groups is 2. The lowest BCUT2D eigenvalue weighted by molar-refractivity contribution is -0.121. The summed E-state index contributed by atoms with van der Waals surface area (Å²) in [6.07, 6.45) is 0.895. The molecule has 0 aromatic heterocycles. The first-order valence-corrected chi connectivity index (χ1v) is 6.83. The Bertz CT molecular complexity index is 463. The number of hydrogen-bond donors (Lipinski definition) is 3. The van der Waals surface area contributed by atoms with Crippen LogP contribution in [0.3, 0.4) is 0 Å². The molecular formula is C15H21NO4. The molecule has 0 spiro atoms. The van der Waals surface area contributed by atoms with Crippen LogP contribution in [0.1, 0.15) is 18.4 Å². The van der Waals surface area contributed by atoms with Crippen LogP contribution in [0.4, 0.5) is 0 Å². The predicted molar refractivity (Wildman–Crippen MR) is 74.4 cm³/mol. The van der Waals surface area contributed by atoms with Crippen LogP contribution in [-0.2, 0) is 11.2 Å². The van der Waals surface area contributed by atoms with Gasteiger partial charge in [-0.15, -0.1) is 0 Å². The molecule has 0 bridgehead atoms. The molecule has 1 aliphatic carbocycles. The Kier molecular flexibility index (Phi) is 4.98. The first kappa shape index (κ1) is 14.8. The van der Waals surface area contributed by atoms with Crippen molar-refractivity contribution in [1.82, 2.24) is 5.32 Å². The average Bonchev–Trinajstić information content (AvgIpc) is 2.78. The summed E-state index contributed by atoms with van der Waals surface area (Å²) in [7, 11) is 1.59. The molecule has 2 rings (SSSR count). The van der Waals surface area contributed by atoms with E-state index in [0.717, 1.165) is 11.3 Å². The maximum absolute atomic E-state index is 12.0. The smallest absolute Gasteiger partial charge is 0.224 e. The van der Waals surface area contributed by atoms with Crippen LogP contribution < -0.4 is 10.1 Å². The Balaban J connectivity index is 1.86. The highest BCUT2D eigenvalue weighted by molar-refractivity contribution is 5.79. The number of amides is 1. The van der Waals surface area contributed by atoms with Crippen LogP contribution >= 0.6 is 0 Å². The molecule has 3 atom stereocenters. The standard InChI is InChI=1S/C15H21NO4/c1-20-13-4-2-3-10(5-13)6-15(19)16-12-7-11(9-17)14(18)8-12/h2-5,11-12,14,17-18H,6-9H2,1H3,(H,16,19)/t11-,12-,14-/m0/s1. The van der Waals surface area contributed by atoms with E-state index in [1.165, 1.54) is 0 Å². The van der Waals surface area contributed by atoms with E-state index in [4.69, 9.17) is 9.84 Å². The molecule has 0 aliphatic heterocycles. The maximum atomic E-state index is 12.0. The van der Waals surface area contributed by atoms with Crippen molar-refractivity contribution in [2.45, 2.75) is 31.4 Å². The minimum absolute atomic E-state index is 0.0383. The molecule has 0 saturated heterocycles. The van der Waals surface area contributed by atoms with Gasteiger partial charge in [-0.1, -0.05) is 12.1 Å². The number of nitrogens with one attached hydrogen (secondary N) is 1. The first-order chi connectivity index (χ1) is 9.62. The third-order valence-corrected chi connectivity index (χ3v) is 3.76. The van der Waals surface area contributed by atoms with Crippen molar-refractivity contribution in [1.29, 1.82) is 0 Å². The van der Waals surface area contributed by atoms with Gasteiger partial charge in [0, 0.05) is 18.6 Å². The van der Waals surface area contributed by atoms with Crippen molar-refractivity contribution in [3.05, 3.63) is 29.8 Å². The van der Waals surface area contributed by atoms with E-state index in [0.29, 0.717) is 12.8 Å². The number of rotatable bonds is 5. The van der Waals surface area contributed by atoms with Crippen molar-refractivity contribution in [3.8, 4) is 5.75 Å². The highest BCUT2D eigenvalue weighted by atomic mass is 16.5. The quantitative estimate of drug-likeness (QED) is 0.733. The third-order valence-electron chi connectivity index (χ3n) is 3.76. The second-order valence-electron chi connectivity index (χ2n) is 5.27. The number of carbonyl (C=O) groups is 1. The number of ether oxygens (including phenoxy) is 1. The topological polar surface area (TPSA) is 78.8 Å². The molecule has 0 unspecified atom stereocenters. The number of carbonyl (C=O) groups excluding carboxylic acids is 1. The van der Waals surface area contributed by atoms with Crippen LogP contribution in [-0.4, -0.2) is 42.0 Å². The van der Waals surface area contributed by atoms with Gasteiger partial charge in [0.25, 0.3) is 0 Å². The Morgan fingerprint density at radius 1 is 1.45 bits per heavy atom. The zero-order valence-electron chi connectivity index (χ0n) is 11.6. The fraction of sp³-hybridized carbons (Fsp3) is 0.533. The van der Waals surface area contributed by atoms with Crippen molar-refractivity contribution >= 4 is 5.91 Å². The molecule has 1 amide bonds.